The molecule has 19 heavy (non-hydrogen) atoms. The third-order valence-corrected chi connectivity index (χ3v) is 3.46. The van der Waals surface area contributed by atoms with Gasteiger partial charge in [-0.15, -0.1) is 0 Å². The average Bonchev–Trinajstić information content (AvgIpc) is 2.38. The molecule has 0 aliphatic carbocycles. The lowest BCUT2D eigenvalue weighted by molar-refractivity contribution is -0.187. The number of nitrogens with zero attached hydrogens (tertiary/aromatic N) is 2. The van der Waals surface area contributed by atoms with Crippen LogP contribution in [0.2, 0.25) is 0 Å². The Morgan fingerprint density at radius 3 is 1.79 bits per heavy atom. The van der Waals surface area contributed by atoms with E-state index in [2.05, 4.69) is 0 Å². The molecule has 0 aromatic rings. The van der Waals surface area contributed by atoms with Crippen LogP contribution in [0.5, 0.6) is 0 Å². The molecule has 0 bridgehead atoms. The number of alkyl halides is 3. The maximum Gasteiger partial charge on any atom is 0.471 e. The highest BCUT2D eigenvalue weighted by molar-refractivity contribution is 5.83. The summed E-state index contributed by atoms with van der Waals surface area (Å²) in [5.41, 5.74) is 0. The van der Waals surface area contributed by atoms with E-state index in [0.29, 0.717) is 0 Å². The van der Waals surface area contributed by atoms with Crippen LogP contribution in [0.1, 0.15) is 26.7 Å². The van der Waals surface area contributed by atoms with Gasteiger partial charge in [0.15, 0.2) is 0 Å². The van der Waals surface area contributed by atoms with Gasteiger partial charge in [-0.05, 0) is 12.8 Å². The Morgan fingerprint density at radius 1 is 1.00 bits per heavy atom. The zero-order valence-electron chi connectivity index (χ0n) is 11.2. The van der Waals surface area contributed by atoms with E-state index in [1.54, 1.807) is 4.90 Å². The van der Waals surface area contributed by atoms with E-state index in [1.165, 1.54) is 0 Å². The zero-order chi connectivity index (χ0) is 14.6. The second-order valence-corrected chi connectivity index (χ2v) is 4.63. The van der Waals surface area contributed by atoms with Gasteiger partial charge in [-0.3, -0.25) is 9.59 Å². The minimum Gasteiger partial charge on any atom is -0.339 e. The Kier molecular flexibility index (Phi) is 5.20. The number of rotatable bonds is 3. The molecule has 0 atom stereocenters. The van der Waals surface area contributed by atoms with Gasteiger partial charge in [-0.2, -0.15) is 13.2 Å². The normalized spacial score (nSPS) is 16.9. The molecule has 1 saturated heterocycles. The van der Waals surface area contributed by atoms with E-state index < -0.39 is 12.1 Å². The van der Waals surface area contributed by atoms with Crippen LogP contribution in [0.3, 0.4) is 0 Å². The highest BCUT2D eigenvalue weighted by atomic mass is 19.4. The second kappa shape index (κ2) is 6.25. The molecule has 0 radical (unpaired) electrons. The van der Waals surface area contributed by atoms with Crippen LogP contribution in [0, 0.1) is 5.92 Å². The summed E-state index contributed by atoms with van der Waals surface area (Å²) in [6, 6.07) is 0. The fourth-order valence-corrected chi connectivity index (χ4v) is 2.21. The highest BCUT2D eigenvalue weighted by Crippen LogP contribution is 2.20. The first-order valence-corrected chi connectivity index (χ1v) is 6.46. The number of carbonyl (C=O) groups excluding carboxylic acids is 2. The van der Waals surface area contributed by atoms with Crippen molar-refractivity contribution in [2.24, 2.45) is 5.92 Å². The Balaban J connectivity index is 2.54. The molecule has 0 N–H and O–H groups in total. The highest BCUT2D eigenvalue weighted by Gasteiger charge is 2.43. The van der Waals surface area contributed by atoms with E-state index in [1.807, 2.05) is 13.8 Å². The molecule has 0 aromatic heterocycles. The molecule has 0 spiro atoms. The summed E-state index contributed by atoms with van der Waals surface area (Å²) in [5, 5.41) is 0. The minimum absolute atomic E-state index is 0.0240. The summed E-state index contributed by atoms with van der Waals surface area (Å²) in [6.45, 7) is 4.08. The lowest BCUT2D eigenvalue weighted by Gasteiger charge is -2.36. The Labute approximate surface area is 110 Å². The molecule has 0 unspecified atom stereocenters. The average molecular weight is 280 g/mol. The Bertz CT molecular complexity index is 332. The van der Waals surface area contributed by atoms with E-state index in [0.717, 1.165) is 17.7 Å². The third kappa shape index (κ3) is 3.84. The summed E-state index contributed by atoms with van der Waals surface area (Å²) < 4.78 is 36.8. The van der Waals surface area contributed by atoms with E-state index in [9.17, 15) is 22.8 Å². The summed E-state index contributed by atoms with van der Waals surface area (Å²) in [6.07, 6.45) is -3.39. The van der Waals surface area contributed by atoms with Gasteiger partial charge in [0.1, 0.15) is 0 Å². The summed E-state index contributed by atoms with van der Waals surface area (Å²) >= 11 is 0. The van der Waals surface area contributed by atoms with Crippen molar-refractivity contribution in [2.45, 2.75) is 32.9 Å². The first kappa shape index (κ1) is 15.8. The van der Waals surface area contributed by atoms with Crippen LogP contribution in [0.25, 0.3) is 0 Å². The van der Waals surface area contributed by atoms with Gasteiger partial charge < -0.3 is 9.80 Å². The second-order valence-electron chi connectivity index (χ2n) is 4.63. The smallest absolute Gasteiger partial charge is 0.339 e. The summed E-state index contributed by atoms with van der Waals surface area (Å²) in [7, 11) is 0. The first-order chi connectivity index (χ1) is 8.81. The van der Waals surface area contributed by atoms with E-state index in [4.69, 9.17) is 0 Å². The van der Waals surface area contributed by atoms with Gasteiger partial charge in [0.2, 0.25) is 5.91 Å². The molecule has 4 nitrogen and oxygen atoms in total. The molecule has 7 heteroatoms. The standard InChI is InChI=1S/C12H19F3N2O2/c1-3-9(4-2)10(18)16-5-7-17(8-6-16)11(19)12(13,14)15/h9H,3-8H2,1-2H3. The maximum atomic E-state index is 12.3. The molecular formula is C12H19F3N2O2. The number of piperazine rings is 1. The lowest BCUT2D eigenvalue weighted by Crippen LogP contribution is -2.54. The lowest BCUT2D eigenvalue weighted by atomic mass is 10.0. The third-order valence-electron chi connectivity index (χ3n) is 3.46. The molecule has 0 saturated carbocycles. The molecule has 2 amide bonds. The van der Waals surface area contributed by atoms with Crippen LogP contribution in [-0.2, 0) is 9.59 Å². The SMILES string of the molecule is CCC(CC)C(=O)N1CCN(C(=O)C(F)(F)F)CC1. The van der Waals surface area contributed by atoms with Crippen molar-refractivity contribution in [3.63, 3.8) is 0 Å². The number of carbonyl (C=O) groups is 2. The predicted octanol–water partition coefficient (Wildman–Crippen LogP) is 1.66. The van der Waals surface area contributed by atoms with Gasteiger partial charge in [-0.1, -0.05) is 13.8 Å². The summed E-state index contributed by atoms with van der Waals surface area (Å²) in [5.74, 6) is -1.92. The monoisotopic (exact) mass is 280 g/mol. The minimum atomic E-state index is -4.83. The number of halogens is 3. The van der Waals surface area contributed by atoms with E-state index >= 15 is 0 Å². The molecule has 1 aliphatic rings. The van der Waals surface area contributed by atoms with Gasteiger partial charge in [0, 0.05) is 32.1 Å². The zero-order valence-corrected chi connectivity index (χ0v) is 11.2. The molecule has 1 heterocycles. The van der Waals surface area contributed by atoms with Crippen LogP contribution >= 0.6 is 0 Å². The molecule has 1 aliphatic heterocycles. The number of amides is 2. The van der Waals surface area contributed by atoms with Crippen molar-refractivity contribution in [2.75, 3.05) is 26.2 Å². The largest absolute Gasteiger partial charge is 0.471 e. The molecule has 1 rings (SSSR count). The molecular weight excluding hydrogens is 261 g/mol. The van der Waals surface area contributed by atoms with Crippen molar-refractivity contribution >= 4 is 11.8 Å². The van der Waals surface area contributed by atoms with Crippen LogP contribution < -0.4 is 0 Å². The molecule has 1 fully saturated rings. The fraction of sp³-hybridized carbons (Fsp3) is 0.833. The topological polar surface area (TPSA) is 40.6 Å². The Morgan fingerprint density at radius 2 is 1.42 bits per heavy atom. The quantitative estimate of drug-likeness (QED) is 0.789. The number of hydrogen-bond acceptors (Lipinski definition) is 2. The van der Waals surface area contributed by atoms with Gasteiger partial charge in [-0.25, -0.2) is 0 Å². The predicted molar refractivity (Wildman–Crippen MR) is 63.3 cm³/mol. The van der Waals surface area contributed by atoms with Gasteiger partial charge in [0.25, 0.3) is 0 Å². The maximum absolute atomic E-state index is 12.3. The van der Waals surface area contributed by atoms with Gasteiger partial charge in [0.05, 0.1) is 0 Å². The van der Waals surface area contributed by atoms with E-state index in [-0.39, 0.29) is 38.0 Å². The first-order valence-electron chi connectivity index (χ1n) is 6.46. The fourth-order valence-electron chi connectivity index (χ4n) is 2.21. The van der Waals surface area contributed by atoms with Gasteiger partial charge >= 0.3 is 12.1 Å². The molecule has 110 valence electrons. The van der Waals surface area contributed by atoms with Crippen molar-refractivity contribution in [1.82, 2.24) is 9.80 Å². The van der Waals surface area contributed by atoms with Crippen molar-refractivity contribution < 1.29 is 22.8 Å². The van der Waals surface area contributed by atoms with Crippen LogP contribution in [0.15, 0.2) is 0 Å². The van der Waals surface area contributed by atoms with Crippen molar-refractivity contribution in [1.29, 1.82) is 0 Å². The van der Waals surface area contributed by atoms with Crippen LogP contribution in [-0.4, -0.2) is 54.0 Å². The molecule has 0 aromatic carbocycles. The van der Waals surface area contributed by atoms with Crippen molar-refractivity contribution in [3.05, 3.63) is 0 Å². The summed E-state index contributed by atoms with van der Waals surface area (Å²) in [4.78, 5) is 25.4. The number of hydrogen-bond donors (Lipinski definition) is 0. The van der Waals surface area contributed by atoms with Crippen LogP contribution in [0.4, 0.5) is 13.2 Å². The van der Waals surface area contributed by atoms with Crippen molar-refractivity contribution in [3.8, 4) is 0 Å². The Hall–Kier alpha value is -1.27.